The predicted octanol–water partition coefficient (Wildman–Crippen LogP) is 2.26. The summed E-state index contributed by atoms with van der Waals surface area (Å²) in [5.41, 5.74) is 1.30. The molecule has 5 nitrogen and oxygen atoms in total. The highest BCUT2D eigenvalue weighted by molar-refractivity contribution is 7.15. The lowest BCUT2D eigenvalue weighted by molar-refractivity contribution is 0.0925. The van der Waals surface area contributed by atoms with E-state index in [1.165, 1.54) is 18.5 Å². The van der Waals surface area contributed by atoms with Crippen molar-refractivity contribution in [2.45, 2.75) is 44.8 Å². The normalized spacial score (nSPS) is 23.1. The minimum absolute atomic E-state index is 0.447. The number of fused-ring (bicyclic) bond motifs is 1. The maximum absolute atomic E-state index is 5.64. The van der Waals surface area contributed by atoms with Gasteiger partial charge in [0.05, 0.1) is 24.9 Å². The fourth-order valence-corrected chi connectivity index (χ4v) is 3.74. The highest BCUT2D eigenvalue weighted by Gasteiger charge is 2.28. The number of imidazole rings is 1. The molecule has 1 atom stereocenters. The number of rotatable bonds is 5. The van der Waals surface area contributed by atoms with E-state index >= 15 is 0 Å². The highest BCUT2D eigenvalue weighted by atomic mass is 32.1. The maximum Gasteiger partial charge on any atom is 0.195 e. The molecule has 2 aromatic rings. The first kappa shape index (κ1) is 13.5. The maximum atomic E-state index is 5.64. The lowest BCUT2D eigenvalue weighted by atomic mass is 10.1. The molecule has 0 radical (unpaired) electrons. The fourth-order valence-electron chi connectivity index (χ4n) is 3.02. The Hall–Kier alpha value is -1.11. The number of thiazole rings is 1. The van der Waals surface area contributed by atoms with Crippen LogP contribution in [-0.2, 0) is 11.3 Å². The molecular formula is C15H22N4OS. The summed E-state index contributed by atoms with van der Waals surface area (Å²) in [6.45, 7) is 5.70. The third kappa shape index (κ3) is 2.56. The Morgan fingerprint density at radius 1 is 1.48 bits per heavy atom. The van der Waals surface area contributed by atoms with Gasteiger partial charge in [-0.25, -0.2) is 4.98 Å². The molecule has 1 saturated heterocycles. The zero-order valence-electron chi connectivity index (χ0n) is 12.4. The van der Waals surface area contributed by atoms with Gasteiger partial charge in [0.15, 0.2) is 10.8 Å². The molecule has 0 amide bonds. The smallest absolute Gasteiger partial charge is 0.195 e. The topological polar surface area (TPSA) is 41.8 Å². The molecular weight excluding hydrogens is 284 g/mol. The Balaban J connectivity index is 1.68. The van der Waals surface area contributed by atoms with Gasteiger partial charge in [0.1, 0.15) is 0 Å². The zero-order chi connectivity index (χ0) is 14.2. The second-order valence-electron chi connectivity index (χ2n) is 5.92. The van der Waals surface area contributed by atoms with E-state index in [4.69, 9.17) is 9.72 Å². The molecule has 1 N–H and O–H groups in total. The lowest BCUT2D eigenvalue weighted by Crippen LogP contribution is -2.46. The molecule has 1 saturated carbocycles. The standard InChI is InChI=1S/C15H22N4OS/c1-2-12-10-20-7-5-18(12)14-13(9-16-11-3-4-11)19-6-8-21-15(19)17-14/h6,8,11-12,16H,2-5,7,9-10H2,1H3. The van der Waals surface area contributed by atoms with Crippen molar-refractivity contribution in [3.05, 3.63) is 17.3 Å². The van der Waals surface area contributed by atoms with E-state index in [1.807, 2.05) is 0 Å². The van der Waals surface area contributed by atoms with Crippen LogP contribution in [0.4, 0.5) is 5.82 Å². The van der Waals surface area contributed by atoms with E-state index in [2.05, 4.69) is 33.1 Å². The van der Waals surface area contributed by atoms with Crippen LogP contribution in [0.25, 0.3) is 4.96 Å². The van der Waals surface area contributed by atoms with Gasteiger partial charge < -0.3 is 15.0 Å². The minimum atomic E-state index is 0.447. The molecule has 2 aromatic heterocycles. The molecule has 1 unspecified atom stereocenters. The Kier molecular flexibility index (Phi) is 3.61. The van der Waals surface area contributed by atoms with E-state index in [1.54, 1.807) is 11.3 Å². The molecule has 0 spiro atoms. The van der Waals surface area contributed by atoms with Crippen molar-refractivity contribution in [1.29, 1.82) is 0 Å². The highest BCUT2D eigenvalue weighted by Crippen LogP contribution is 2.29. The van der Waals surface area contributed by atoms with Crippen LogP contribution >= 0.6 is 11.3 Å². The molecule has 0 aromatic carbocycles. The molecule has 6 heteroatoms. The van der Waals surface area contributed by atoms with Gasteiger partial charge in [-0.3, -0.25) is 4.40 Å². The molecule has 114 valence electrons. The third-order valence-electron chi connectivity index (χ3n) is 4.45. The van der Waals surface area contributed by atoms with Crippen LogP contribution in [0.2, 0.25) is 0 Å². The number of morpholine rings is 1. The van der Waals surface area contributed by atoms with Crippen molar-refractivity contribution in [2.24, 2.45) is 0 Å². The Labute approximate surface area is 128 Å². The number of anilines is 1. The second kappa shape index (κ2) is 5.59. The van der Waals surface area contributed by atoms with Gasteiger partial charge in [-0.2, -0.15) is 0 Å². The quantitative estimate of drug-likeness (QED) is 0.920. The first-order chi connectivity index (χ1) is 10.4. The van der Waals surface area contributed by atoms with Gasteiger partial charge >= 0.3 is 0 Å². The summed E-state index contributed by atoms with van der Waals surface area (Å²) in [4.78, 5) is 8.45. The second-order valence-corrected chi connectivity index (χ2v) is 6.80. The van der Waals surface area contributed by atoms with E-state index < -0.39 is 0 Å². The van der Waals surface area contributed by atoms with Crippen LogP contribution < -0.4 is 10.2 Å². The number of nitrogens with zero attached hydrogens (tertiary/aromatic N) is 3. The van der Waals surface area contributed by atoms with E-state index in [0.717, 1.165) is 43.5 Å². The number of aromatic nitrogens is 2. The zero-order valence-corrected chi connectivity index (χ0v) is 13.2. The van der Waals surface area contributed by atoms with Crippen molar-refractivity contribution >= 4 is 22.1 Å². The first-order valence-electron chi connectivity index (χ1n) is 7.89. The molecule has 3 heterocycles. The van der Waals surface area contributed by atoms with Crippen molar-refractivity contribution < 1.29 is 4.74 Å². The van der Waals surface area contributed by atoms with Crippen LogP contribution in [0.5, 0.6) is 0 Å². The van der Waals surface area contributed by atoms with Crippen LogP contribution in [0.3, 0.4) is 0 Å². The Morgan fingerprint density at radius 2 is 2.38 bits per heavy atom. The van der Waals surface area contributed by atoms with Crippen LogP contribution in [-0.4, -0.2) is 41.2 Å². The number of hydrogen-bond donors (Lipinski definition) is 1. The Morgan fingerprint density at radius 3 is 3.19 bits per heavy atom. The molecule has 2 aliphatic rings. The van der Waals surface area contributed by atoms with Gasteiger partial charge in [-0.1, -0.05) is 6.92 Å². The van der Waals surface area contributed by atoms with Crippen LogP contribution in [0.1, 0.15) is 31.9 Å². The number of nitrogens with one attached hydrogen (secondary N) is 1. The lowest BCUT2D eigenvalue weighted by Gasteiger charge is -2.36. The molecule has 4 rings (SSSR count). The van der Waals surface area contributed by atoms with Gasteiger partial charge in [0, 0.05) is 30.7 Å². The van der Waals surface area contributed by atoms with Crippen LogP contribution in [0, 0.1) is 0 Å². The van der Waals surface area contributed by atoms with Crippen molar-refractivity contribution in [3.8, 4) is 0 Å². The average Bonchev–Trinajstić information content (AvgIpc) is 3.12. The Bertz CT molecular complexity index is 618. The van der Waals surface area contributed by atoms with Gasteiger partial charge in [-0.15, -0.1) is 11.3 Å². The molecule has 1 aliphatic heterocycles. The van der Waals surface area contributed by atoms with Crippen molar-refractivity contribution in [3.63, 3.8) is 0 Å². The van der Waals surface area contributed by atoms with Crippen molar-refractivity contribution in [2.75, 3.05) is 24.7 Å². The summed E-state index contributed by atoms with van der Waals surface area (Å²) >= 11 is 1.71. The summed E-state index contributed by atoms with van der Waals surface area (Å²) in [6, 6.07) is 1.16. The van der Waals surface area contributed by atoms with Gasteiger partial charge in [0.2, 0.25) is 0 Å². The molecule has 0 bridgehead atoms. The van der Waals surface area contributed by atoms with Crippen LogP contribution in [0.15, 0.2) is 11.6 Å². The monoisotopic (exact) mass is 306 g/mol. The first-order valence-corrected chi connectivity index (χ1v) is 8.77. The van der Waals surface area contributed by atoms with E-state index in [-0.39, 0.29) is 0 Å². The SMILES string of the molecule is CCC1COCCN1c1nc2sccn2c1CNC1CC1. The summed E-state index contributed by atoms with van der Waals surface area (Å²) in [7, 11) is 0. The fraction of sp³-hybridized carbons (Fsp3) is 0.667. The minimum Gasteiger partial charge on any atom is -0.377 e. The summed E-state index contributed by atoms with van der Waals surface area (Å²) in [5.74, 6) is 1.16. The number of hydrogen-bond acceptors (Lipinski definition) is 5. The molecule has 1 aliphatic carbocycles. The summed E-state index contributed by atoms with van der Waals surface area (Å²) < 4.78 is 7.89. The van der Waals surface area contributed by atoms with Gasteiger partial charge in [0.25, 0.3) is 0 Å². The number of ether oxygens (including phenoxy) is 1. The van der Waals surface area contributed by atoms with Gasteiger partial charge in [-0.05, 0) is 19.3 Å². The van der Waals surface area contributed by atoms with Crippen molar-refractivity contribution in [1.82, 2.24) is 14.7 Å². The average molecular weight is 306 g/mol. The summed E-state index contributed by atoms with van der Waals surface area (Å²) in [6.07, 6.45) is 5.87. The van der Waals surface area contributed by atoms with E-state index in [0.29, 0.717) is 12.1 Å². The van der Waals surface area contributed by atoms with E-state index in [9.17, 15) is 0 Å². The molecule has 21 heavy (non-hydrogen) atoms. The third-order valence-corrected chi connectivity index (χ3v) is 5.20. The largest absolute Gasteiger partial charge is 0.377 e. The summed E-state index contributed by atoms with van der Waals surface area (Å²) in [5, 5.41) is 5.75. The predicted molar refractivity (Wildman–Crippen MR) is 85.2 cm³/mol. The molecule has 2 fully saturated rings.